The maximum Gasteiger partial charge on any atom is 0.335 e. The number of imidazole rings is 1. The highest BCUT2D eigenvalue weighted by atomic mass is 35.5. The van der Waals surface area contributed by atoms with Gasteiger partial charge in [-0.05, 0) is 12.1 Å². The Balaban J connectivity index is 2.70. The minimum absolute atomic E-state index is 0.203. The number of pyridine rings is 1. The highest BCUT2D eigenvalue weighted by molar-refractivity contribution is 6.29. The topological polar surface area (TPSA) is 54.6 Å². The first-order chi connectivity index (χ1) is 6.18. The summed E-state index contributed by atoms with van der Waals surface area (Å²) in [4.78, 5) is 14.5. The zero-order chi connectivity index (χ0) is 9.42. The van der Waals surface area contributed by atoms with Crippen molar-refractivity contribution < 1.29 is 9.90 Å². The van der Waals surface area contributed by atoms with Gasteiger partial charge in [0.15, 0.2) is 0 Å². The molecule has 0 aliphatic heterocycles. The quantitative estimate of drug-likeness (QED) is 0.755. The third-order valence-corrected chi connectivity index (χ3v) is 1.99. The molecule has 1 N–H and O–H groups in total. The second-order valence-electron chi connectivity index (χ2n) is 2.53. The molecule has 0 atom stereocenters. The molecule has 0 unspecified atom stereocenters. The van der Waals surface area contributed by atoms with Gasteiger partial charge in [0.1, 0.15) is 10.8 Å². The predicted octanol–water partition coefficient (Wildman–Crippen LogP) is 1.69. The summed E-state index contributed by atoms with van der Waals surface area (Å²) in [5.41, 5.74) is 0.736. The molecule has 0 aromatic carbocycles. The molecule has 0 spiro atoms. The molecule has 2 aromatic rings. The van der Waals surface area contributed by atoms with E-state index in [0.29, 0.717) is 10.8 Å². The lowest BCUT2D eigenvalue weighted by atomic mass is 10.3. The number of hydrogen-bond donors (Lipinski definition) is 1. The lowest BCUT2D eigenvalue weighted by Gasteiger charge is -1.96. The van der Waals surface area contributed by atoms with E-state index in [2.05, 4.69) is 4.98 Å². The normalized spacial score (nSPS) is 10.5. The zero-order valence-corrected chi connectivity index (χ0v) is 7.19. The van der Waals surface area contributed by atoms with Crippen LogP contribution in [-0.4, -0.2) is 20.5 Å². The van der Waals surface area contributed by atoms with Crippen LogP contribution in [0.5, 0.6) is 0 Å². The van der Waals surface area contributed by atoms with Gasteiger partial charge < -0.3 is 5.11 Å². The second kappa shape index (κ2) is 2.74. The van der Waals surface area contributed by atoms with Crippen LogP contribution in [0.2, 0.25) is 5.15 Å². The fraction of sp³-hybridized carbons (Fsp3) is 0. The fourth-order valence-corrected chi connectivity index (χ4v) is 1.27. The monoisotopic (exact) mass is 196 g/mol. The van der Waals surface area contributed by atoms with Crippen molar-refractivity contribution in [3.05, 3.63) is 35.2 Å². The predicted molar refractivity (Wildman–Crippen MR) is 47.2 cm³/mol. The van der Waals surface area contributed by atoms with Gasteiger partial charge in [0.05, 0.1) is 11.8 Å². The molecule has 4 nitrogen and oxygen atoms in total. The van der Waals surface area contributed by atoms with E-state index < -0.39 is 5.97 Å². The molecule has 0 fully saturated rings. The van der Waals surface area contributed by atoms with Gasteiger partial charge in [0.2, 0.25) is 0 Å². The Bertz CT molecular complexity index is 478. The first-order valence-corrected chi connectivity index (χ1v) is 3.92. The van der Waals surface area contributed by atoms with Gasteiger partial charge in [-0.3, -0.25) is 4.40 Å². The Hall–Kier alpha value is -1.55. The molecular weight excluding hydrogens is 192 g/mol. The van der Waals surface area contributed by atoms with Crippen molar-refractivity contribution >= 4 is 23.2 Å². The molecule has 0 bridgehead atoms. The molecule has 2 rings (SSSR count). The molecule has 0 amide bonds. The third kappa shape index (κ3) is 1.25. The maximum absolute atomic E-state index is 10.6. The van der Waals surface area contributed by atoms with E-state index in [1.54, 1.807) is 10.6 Å². The summed E-state index contributed by atoms with van der Waals surface area (Å²) in [6.07, 6.45) is 3.05. The van der Waals surface area contributed by atoms with Crippen molar-refractivity contribution in [2.24, 2.45) is 0 Å². The van der Waals surface area contributed by atoms with Gasteiger partial charge in [-0.1, -0.05) is 11.6 Å². The summed E-state index contributed by atoms with van der Waals surface area (Å²) in [5, 5.41) is 9.15. The molecule has 0 radical (unpaired) electrons. The molecule has 0 saturated carbocycles. The highest BCUT2D eigenvalue weighted by Gasteiger charge is 2.05. The SMILES string of the molecule is O=C(O)c1ccn2c(Cl)cnc2c1. The smallest absolute Gasteiger partial charge is 0.335 e. The van der Waals surface area contributed by atoms with E-state index in [-0.39, 0.29) is 5.56 Å². The summed E-state index contributed by atoms with van der Waals surface area (Å²) in [6.45, 7) is 0. The van der Waals surface area contributed by atoms with Crippen molar-refractivity contribution in [2.75, 3.05) is 0 Å². The third-order valence-electron chi connectivity index (χ3n) is 1.72. The second-order valence-corrected chi connectivity index (χ2v) is 2.92. The van der Waals surface area contributed by atoms with Crippen LogP contribution in [-0.2, 0) is 0 Å². The van der Waals surface area contributed by atoms with E-state index in [1.165, 1.54) is 18.3 Å². The standard InChI is InChI=1S/C8H5ClN2O2/c9-6-4-10-7-3-5(8(12)13)1-2-11(6)7/h1-4H,(H,12,13). The lowest BCUT2D eigenvalue weighted by Crippen LogP contribution is -1.97. The number of fused-ring (bicyclic) bond motifs is 1. The molecule has 2 heterocycles. The van der Waals surface area contributed by atoms with E-state index in [1.807, 2.05) is 0 Å². The average Bonchev–Trinajstić information content (AvgIpc) is 2.47. The van der Waals surface area contributed by atoms with Crippen LogP contribution in [0, 0.1) is 0 Å². The van der Waals surface area contributed by atoms with E-state index >= 15 is 0 Å². The van der Waals surface area contributed by atoms with E-state index in [9.17, 15) is 4.79 Å². The largest absolute Gasteiger partial charge is 0.478 e. The summed E-state index contributed by atoms with van der Waals surface area (Å²) in [6, 6.07) is 2.94. The number of aromatic nitrogens is 2. The number of carboxylic acids is 1. The van der Waals surface area contributed by atoms with Crippen LogP contribution >= 0.6 is 11.6 Å². The zero-order valence-electron chi connectivity index (χ0n) is 6.44. The van der Waals surface area contributed by atoms with Crippen LogP contribution in [0.25, 0.3) is 5.65 Å². The summed E-state index contributed by atoms with van der Waals surface area (Å²) in [5.74, 6) is -0.971. The summed E-state index contributed by atoms with van der Waals surface area (Å²) in [7, 11) is 0. The molecular formula is C8H5ClN2O2. The Labute approximate surface area is 78.4 Å². The number of rotatable bonds is 1. The van der Waals surface area contributed by atoms with Crippen LogP contribution in [0.15, 0.2) is 24.5 Å². The highest BCUT2D eigenvalue weighted by Crippen LogP contribution is 2.13. The molecule has 0 saturated heterocycles. The minimum Gasteiger partial charge on any atom is -0.478 e. The number of carboxylic acid groups (broad SMARTS) is 1. The van der Waals surface area contributed by atoms with Crippen LogP contribution < -0.4 is 0 Å². The molecule has 0 aliphatic carbocycles. The van der Waals surface area contributed by atoms with Gasteiger partial charge in [-0.2, -0.15) is 0 Å². The van der Waals surface area contributed by atoms with Crippen molar-refractivity contribution in [1.29, 1.82) is 0 Å². The van der Waals surface area contributed by atoms with Gasteiger partial charge in [0, 0.05) is 6.20 Å². The Morgan fingerprint density at radius 2 is 2.38 bits per heavy atom. The van der Waals surface area contributed by atoms with Crippen molar-refractivity contribution in [1.82, 2.24) is 9.38 Å². The van der Waals surface area contributed by atoms with Crippen LogP contribution in [0.3, 0.4) is 0 Å². The van der Waals surface area contributed by atoms with E-state index in [4.69, 9.17) is 16.7 Å². The summed E-state index contributed by atoms with van der Waals surface area (Å²) >= 11 is 5.76. The van der Waals surface area contributed by atoms with Crippen molar-refractivity contribution in [3.63, 3.8) is 0 Å². The van der Waals surface area contributed by atoms with Gasteiger partial charge in [0.25, 0.3) is 0 Å². The molecule has 13 heavy (non-hydrogen) atoms. The molecule has 0 aliphatic rings. The van der Waals surface area contributed by atoms with Gasteiger partial charge in [-0.15, -0.1) is 0 Å². The Kier molecular flexibility index (Phi) is 1.70. The minimum atomic E-state index is -0.971. The van der Waals surface area contributed by atoms with E-state index in [0.717, 1.165) is 0 Å². The number of halogens is 1. The number of nitrogens with zero attached hydrogens (tertiary/aromatic N) is 2. The maximum atomic E-state index is 10.6. The summed E-state index contributed by atoms with van der Waals surface area (Å²) < 4.78 is 1.61. The fourth-order valence-electron chi connectivity index (χ4n) is 1.08. The number of hydrogen-bond acceptors (Lipinski definition) is 2. The van der Waals surface area contributed by atoms with Crippen molar-refractivity contribution in [2.45, 2.75) is 0 Å². The van der Waals surface area contributed by atoms with Gasteiger partial charge >= 0.3 is 5.97 Å². The first-order valence-electron chi connectivity index (χ1n) is 3.54. The Morgan fingerprint density at radius 1 is 1.62 bits per heavy atom. The van der Waals surface area contributed by atoms with Crippen molar-refractivity contribution in [3.8, 4) is 0 Å². The first kappa shape index (κ1) is 8.07. The van der Waals surface area contributed by atoms with Crippen LogP contribution in [0.4, 0.5) is 0 Å². The van der Waals surface area contributed by atoms with Gasteiger partial charge in [-0.25, -0.2) is 9.78 Å². The average molecular weight is 197 g/mol. The van der Waals surface area contributed by atoms with Crippen LogP contribution in [0.1, 0.15) is 10.4 Å². The Morgan fingerprint density at radius 3 is 3.08 bits per heavy atom. The lowest BCUT2D eigenvalue weighted by molar-refractivity contribution is 0.0697. The number of aromatic carboxylic acids is 1. The molecule has 5 heteroatoms. The molecule has 66 valence electrons. The molecule has 2 aromatic heterocycles. The number of carbonyl (C=O) groups is 1.